The van der Waals surface area contributed by atoms with Crippen LogP contribution >= 0.6 is 0 Å². The first-order chi connectivity index (χ1) is 18.3. The number of carbonyl (C=O) groups excluding carboxylic acids is 1. The molecule has 0 aliphatic carbocycles. The highest BCUT2D eigenvalue weighted by molar-refractivity contribution is 5.94. The van der Waals surface area contributed by atoms with Crippen molar-refractivity contribution in [2.45, 2.75) is 52.4 Å². The number of methoxy groups -OCH3 is 1. The Morgan fingerprint density at radius 1 is 0.947 bits per heavy atom. The molecule has 1 amide bonds. The van der Waals surface area contributed by atoms with Crippen molar-refractivity contribution in [2.24, 2.45) is 0 Å². The van der Waals surface area contributed by atoms with E-state index in [1.54, 1.807) is 13.2 Å². The van der Waals surface area contributed by atoms with Crippen LogP contribution in [0, 0.1) is 0 Å². The number of piperazine rings is 1. The van der Waals surface area contributed by atoms with Gasteiger partial charge in [0.05, 0.1) is 13.2 Å². The molecule has 1 N–H and O–H groups in total. The molecule has 3 aromatic rings. The van der Waals surface area contributed by atoms with Crippen LogP contribution in [-0.2, 0) is 6.54 Å². The Balaban J connectivity index is 1.67. The smallest absolute Gasteiger partial charge is 0.253 e. The van der Waals surface area contributed by atoms with Crippen LogP contribution in [0.3, 0.4) is 0 Å². The molecule has 202 valence electrons. The lowest BCUT2D eigenvalue weighted by Crippen LogP contribution is -2.56. The first-order valence-electron chi connectivity index (χ1n) is 13.6. The van der Waals surface area contributed by atoms with Crippen molar-refractivity contribution >= 4 is 5.91 Å². The molecule has 0 bridgehead atoms. The molecule has 1 aliphatic rings. The lowest BCUT2D eigenvalue weighted by atomic mass is 9.92. The summed E-state index contributed by atoms with van der Waals surface area (Å²) < 4.78 is 5.58. The highest BCUT2D eigenvalue weighted by Crippen LogP contribution is 2.35. The summed E-state index contributed by atoms with van der Waals surface area (Å²) in [5.41, 5.74) is 4.10. The van der Waals surface area contributed by atoms with Gasteiger partial charge in [-0.05, 0) is 80.8 Å². The summed E-state index contributed by atoms with van der Waals surface area (Å²) in [5, 5.41) is 9.93. The number of carbonyl (C=O) groups is 1. The van der Waals surface area contributed by atoms with E-state index >= 15 is 0 Å². The van der Waals surface area contributed by atoms with Gasteiger partial charge in [-0.15, -0.1) is 0 Å². The third-order valence-corrected chi connectivity index (χ3v) is 7.70. The van der Waals surface area contributed by atoms with Crippen LogP contribution in [-0.4, -0.2) is 71.1 Å². The largest absolute Gasteiger partial charge is 0.508 e. The van der Waals surface area contributed by atoms with Gasteiger partial charge in [-0.1, -0.05) is 36.4 Å². The van der Waals surface area contributed by atoms with Gasteiger partial charge >= 0.3 is 0 Å². The molecular formula is C32H41N3O3. The van der Waals surface area contributed by atoms with Crippen LogP contribution in [0.1, 0.15) is 60.8 Å². The van der Waals surface area contributed by atoms with Crippen LogP contribution in [0.25, 0.3) is 0 Å². The molecule has 1 heterocycles. The SMILES string of the molecule is CCN(CC)C(=O)c1cccc(C(c2cccc(OC)c2)N2C[C@@H](C)N(Cc3cccc(O)c3)C[C@H]2C)c1. The Bertz CT molecular complexity index is 1230. The number of phenolic OH excluding ortho intramolecular Hbond substituents is 1. The number of amides is 1. The van der Waals surface area contributed by atoms with E-state index in [9.17, 15) is 9.90 Å². The quantitative estimate of drug-likeness (QED) is 0.404. The van der Waals surface area contributed by atoms with E-state index in [-0.39, 0.29) is 18.0 Å². The predicted octanol–water partition coefficient (Wildman–Crippen LogP) is 5.57. The number of hydrogen-bond acceptors (Lipinski definition) is 5. The second kappa shape index (κ2) is 12.5. The van der Waals surface area contributed by atoms with Gasteiger partial charge in [0.25, 0.3) is 5.91 Å². The van der Waals surface area contributed by atoms with E-state index in [1.165, 1.54) is 0 Å². The molecular weight excluding hydrogens is 474 g/mol. The van der Waals surface area contributed by atoms with Gasteiger partial charge in [0.1, 0.15) is 11.5 Å². The summed E-state index contributed by atoms with van der Waals surface area (Å²) >= 11 is 0. The Morgan fingerprint density at radius 3 is 2.32 bits per heavy atom. The topological polar surface area (TPSA) is 56.2 Å². The summed E-state index contributed by atoms with van der Waals surface area (Å²) in [4.78, 5) is 20.1. The van der Waals surface area contributed by atoms with Crippen LogP contribution in [0.4, 0.5) is 0 Å². The van der Waals surface area contributed by atoms with Crippen molar-refractivity contribution in [3.05, 3.63) is 95.1 Å². The molecule has 3 aromatic carbocycles. The van der Waals surface area contributed by atoms with E-state index in [0.717, 1.165) is 47.6 Å². The first kappa shape index (κ1) is 27.7. The van der Waals surface area contributed by atoms with E-state index in [0.29, 0.717) is 24.9 Å². The normalized spacial score (nSPS) is 19.2. The molecule has 1 unspecified atom stereocenters. The summed E-state index contributed by atoms with van der Waals surface area (Å²) in [7, 11) is 1.70. The zero-order valence-electron chi connectivity index (χ0n) is 23.3. The zero-order chi connectivity index (χ0) is 27.2. The Kier molecular flexibility index (Phi) is 9.08. The van der Waals surface area contributed by atoms with Crippen molar-refractivity contribution in [3.63, 3.8) is 0 Å². The minimum atomic E-state index is -0.0186. The maximum Gasteiger partial charge on any atom is 0.253 e. The van der Waals surface area contributed by atoms with Gasteiger partial charge in [-0.25, -0.2) is 0 Å². The molecule has 1 saturated heterocycles. The van der Waals surface area contributed by atoms with Gasteiger partial charge in [0, 0.05) is 50.4 Å². The summed E-state index contributed by atoms with van der Waals surface area (Å²) in [6.45, 7) is 12.5. The minimum absolute atomic E-state index is 0.0186. The van der Waals surface area contributed by atoms with E-state index in [1.807, 2.05) is 55.1 Å². The Hall–Kier alpha value is -3.35. The van der Waals surface area contributed by atoms with E-state index in [4.69, 9.17) is 4.74 Å². The van der Waals surface area contributed by atoms with Crippen molar-refractivity contribution in [1.82, 2.24) is 14.7 Å². The third kappa shape index (κ3) is 6.20. The van der Waals surface area contributed by atoms with E-state index < -0.39 is 0 Å². The maximum absolute atomic E-state index is 13.2. The summed E-state index contributed by atoms with van der Waals surface area (Å²) in [6.07, 6.45) is 0. The second-order valence-electron chi connectivity index (χ2n) is 10.3. The van der Waals surface area contributed by atoms with Gasteiger partial charge in [-0.3, -0.25) is 14.6 Å². The first-order valence-corrected chi connectivity index (χ1v) is 13.6. The van der Waals surface area contributed by atoms with Crippen molar-refractivity contribution in [3.8, 4) is 11.5 Å². The monoisotopic (exact) mass is 515 g/mol. The standard InChI is InChI=1S/C32H41N3O3/c1-6-33(7-2)32(37)28-14-9-12-26(18-28)31(27-13-10-16-30(19-27)38-5)35-21-23(3)34(20-24(35)4)22-25-11-8-15-29(36)17-25/h8-19,23-24,31,36H,6-7,20-22H2,1-5H3/t23-,24-,31?/m1/s1. The van der Waals surface area contributed by atoms with Crippen LogP contribution in [0.15, 0.2) is 72.8 Å². The predicted molar refractivity (Wildman–Crippen MR) is 153 cm³/mol. The van der Waals surface area contributed by atoms with Gasteiger partial charge < -0.3 is 14.7 Å². The minimum Gasteiger partial charge on any atom is -0.508 e. The molecule has 0 radical (unpaired) electrons. The fourth-order valence-electron chi connectivity index (χ4n) is 5.62. The number of phenols is 1. The molecule has 0 spiro atoms. The lowest BCUT2D eigenvalue weighted by molar-refractivity contribution is 0.0194. The number of aromatic hydroxyl groups is 1. The second-order valence-corrected chi connectivity index (χ2v) is 10.3. The molecule has 4 rings (SSSR count). The third-order valence-electron chi connectivity index (χ3n) is 7.70. The number of benzene rings is 3. The average Bonchev–Trinajstić information content (AvgIpc) is 2.92. The van der Waals surface area contributed by atoms with Crippen molar-refractivity contribution < 1.29 is 14.6 Å². The zero-order valence-corrected chi connectivity index (χ0v) is 23.3. The van der Waals surface area contributed by atoms with Crippen LogP contribution < -0.4 is 4.74 Å². The highest BCUT2D eigenvalue weighted by atomic mass is 16.5. The molecule has 38 heavy (non-hydrogen) atoms. The average molecular weight is 516 g/mol. The number of rotatable bonds is 9. The van der Waals surface area contributed by atoms with Crippen LogP contribution in [0.2, 0.25) is 0 Å². The number of hydrogen-bond donors (Lipinski definition) is 1. The highest BCUT2D eigenvalue weighted by Gasteiger charge is 2.35. The molecule has 0 saturated carbocycles. The Labute approximate surface area is 227 Å². The molecule has 1 aliphatic heterocycles. The maximum atomic E-state index is 13.2. The van der Waals surface area contributed by atoms with Crippen molar-refractivity contribution in [2.75, 3.05) is 33.3 Å². The summed E-state index contributed by atoms with van der Waals surface area (Å²) in [6, 6.07) is 24.5. The fraction of sp³-hybridized carbons (Fsp3) is 0.406. The lowest BCUT2D eigenvalue weighted by Gasteiger charge is -2.47. The molecule has 0 aromatic heterocycles. The van der Waals surface area contributed by atoms with Gasteiger partial charge in [-0.2, -0.15) is 0 Å². The number of ether oxygens (including phenoxy) is 1. The van der Waals surface area contributed by atoms with E-state index in [2.05, 4.69) is 54.0 Å². The van der Waals surface area contributed by atoms with Gasteiger partial charge in [0.2, 0.25) is 0 Å². The molecule has 6 heteroatoms. The molecule has 3 atom stereocenters. The summed E-state index contributed by atoms with van der Waals surface area (Å²) in [5.74, 6) is 1.20. The molecule has 1 fully saturated rings. The van der Waals surface area contributed by atoms with Gasteiger partial charge in [0.15, 0.2) is 0 Å². The molecule has 6 nitrogen and oxygen atoms in total. The van der Waals surface area contributed by atoms with Crippen LogP contribution in [0.5, 0.6) is 11.5 Å². The Morgan fingerprint density at radius 2 is 1.63 bits per heavy atom. The fourth-order valence-corrected chi connectivity index (χ4v) is 5.62. The number of nitrogens with zero attached hydrogens (tertiary/aromatic N) is 3. The van der Waals surface area contributed by atoms with Crippen molar-refractivity contribution in [1.29, 1.82) is 0 Å².